The molecular weight excluding hydrogens is 236 g/mol. The normalized spacial score (nSPS) is 23.3. The summed E-state index contributed by atoms with van der Waals surface area (Å²) < 4.78 is 0. The van der Waals surface area contributed by atoms with Crippen LogP contribution in [0.4, 0.5) is 5.69 Å². The number of nitrogens with two attached hydrogens (primary N) is 1. The number of rotatable bonds is 4. The van der Waals surface area contributed by atoms with Crippen LogP contribution in [0.2, 0.25) is 5.02 Å². The van der Waals surface area contributed by atoms with Crippen molar-refractivity contribution < 1.29 is 5.11 Å². The zero-order valence-electron chi connectivity index (χ0n) is 10.1. The van der Waals surface area contributed by atoms with E-state index in [9.17, 15) is 5.11 Å². The quantitative estimate of drug-likeness (QED) is 0.864. The smallest absolute Gasteiger partial charge is 0.0546 e. The largest absolute Gasteiger partial charge is 0.393 e. The summed E-state index contributed by atoms with van der Waals surface area (Å²) in [7, 11) is 2.05. The number of anilines is 1. The summed E-state index contributed by atoms with van der Waals surface area (Å²) in [6, 6.07) is 5.86. The number of halogens is 1. The summed E-state index contributed by atoms with van der Waals surface area (Å²) in [6.45, 7) is 1.40. The first-order valence-corrected chi connectivity index (χ1v) is 6.36. The van der Waals surface area contributed by atoms with E-state index in [0.29, 0.717) is 12.5 Å². The van der Waals surface area contributed by atoms with E-state index in [0.717, 1.165) is 35.7 Å². The third-order valence-corrected chi connectivity index (χ3v) is 3.81. The van der Waals surface area contributed by atoms with Gasteiger partial charge in [-0.25, -0.2) is 0 Å². The van der Waals surface area contributed by atoms with Crippen LogP contribution in [0.25, 0.3) is 0 Å². The first-order chi connectivity index (χ1) is 8.11. The van der Waals surface area contributed by atoms with Gasteiger partial charge in [0.25, 0.3) is 0 Å². The topological polar surface area (TPSA) is 49.5 Å². The van der Waals surface area contributed by atoms with Crippen LogP contribution in [-0.4, -0.2) is 24.8 Å². The fourth-order valence-electron chi connectivity index (χ4n) is 2.44. The molecule has 1 aliphatic rings. The minimum absolute atomic E-state index is 0.0956. The molecule has 2 rings (SSSR count). The van der Waals surface area contributed by atoms with Gasteiger partial charge in [-0.15, -0.1) is 0 Å². The molecule has 3 nitrogen and oxygen atoms in total. The third-order valence-electron chi connectivity index (χ3n) is 3.45. The Balaban J connectivity index is 2.08. The van der Waals surface area contributed by atoms with Crippen molar-refractivity contribution in [3.63, 3.8) is 0 Å². The van der Waals surface area contributed by atoms with Crippen LogP contribution in [0.5, 0.6) is 0 Å². The van der Waals surface area contributed by atoms with Crippen LogP contribution >= 0.6 is 11.6 Å². The molecule has 0 saturated heterocycles. The highest BCUT2D eigenvalue weighted by Gasteiger charge is 2.28. The van der Waals surface area contributed by atoms with Gasteiger partial charge in [0.05, 0.1) is 6.10 Å². The van der Waals surface area contributed by atoms with Crippen molar-refractivity contribution in [2.24, 2.45) is 11.7 Å². The molecule has 1 aromatic rings. The van der Waals surface area contributed by atoms with Crippen LogP contribution < -0.4 is 10.6 Å². The Morgan fingerprint density at radius 3 is 2.76 bits per heavy atom. The van der Waals surface area contributed by atoms with Crippen LogP contribution in [0, 0.1) is 5.92 Å². The molecule has 0 unspecified atom stereocenters. The minimum Gasteiger partial charge on any atom is -0.393 e. The molecule has 0 spiro atoms. The molecule has 0 amide bonds. The molecule has 17 heavy (non-hydrogen) atoms. The SMILES string of the molecule is CN(CC1CC(O)C1)c1cccc(Cl)c1CN. The van der Waals surface area contributed by atoms with E-state index >= 15 is 0 Å². The predicted molar refractivity (Wildman–Crippen MR) is 71.3 cm³/mol. The van der Waals surface area contributed by atoms with Gasteiger partial charge in [0, 0.05) is 36.4 Å². The van der Waals surface area contributed by atoms with Gasteiger partial charge in [-0.3, -0.25) is 0 Å². The fraction of sp³-hybridized carbons (Fsp3) is 0.538. The van der Waals surface area contributed by atoms with Gasteiger partial charge in [-0.1, -0.05) is 17.7 Å². The minimum atomic E-state index is -0.0956. The molecule has 1 saturated carbocycles. The van der Waals surface area contributed by atoms with E-state index in [1.165, 1.54) is 0 Å². The zero-order valence-corrected chi connectivity index (χ0v) is 10.8. The summed E-state index contributed by atoms with van der Waals surface area (Å²) in [5, 5.41) is 10.0. The highest BCUT2D eigenvalue weighted by atomic mass is 35.5. The standard InChI is InChI=1S/C13H19ClN2O/c1-16(8-9-5-10(17)6-9)13-4-2-3-12(14)11(13)7-15/h2-4,9-10,17H,5-8,15H2,1H3. The number of hydrogen-bond donors (Lipinski definition) is 2. The lowest BCUT2D eigenvalue weighted by Gasteiger charge is -2.35. The molecular formula is C13H19ClN2O. The molecule has 3 N–H and O–H groups in total. The van der Waals surface area contributed by atoms with Crippen molar-refractivity contribution in [3.05, 3.63) is 28.8 Å². The molecule has 1 fully saturated rings. The van der Waals surface area contributed by atoms with E-state index in [1.54, 1.807) is 0 Å². The first kappa shape index (κ1) is 12.7. The van der Waals surface area contributed by atoms with Crippen molar-refractivity contribution >= 4 is 17.3 Å². The molecule has 0 aliphatic heterocycles. The lowest BCUT2D eigenvalue weighted by Crippen LogP contribution is -2.37. The maximum absolute atomic E-state index is 9.29. The van der Waals surface area contributed by atoms with Crippen molar-refractivity contribution in [1.29, 1.82) is 0 Å². The third kappa shape index (κ3) is 2.73. The molecule has 94 valence electrons. The second-order valence-electron chi connectivity index (χ2n) is 4.81. The maximum atomic E-state index is 9.29. The number of nitrogens with zero attached hydrogens (tertiary/aromatic N) is 1. The Labute approximate surface area is 107 Å². The number of aliphatic hydroxyl groups is 1. The molecule has 1 aromatic carbocycles. The zero-order chi connectivity index (χ0) is 12.4. The number of aliphatic hydroxyl groups excluding tert-OH is 1. The summed E-state index contributed by atoms with van der Waals surface area (Å²) in [5.74, 6) is 0.583. The Hall–Kier alpha value is -0.770. The molecule has 4 heteroatoms. The van der Waals surface area contributed by atoms with Crippen molar-refractivity contribution in [2.75, 3.05) is 18.5 Å². The maximum Gasteiger partial charge on any atom is 0.0546 e. The lowest BCUT2D eigenvalue weighted by atomic mass is 9.82. The molecule has 0 atom stereocenters. The van der Waals surface area contributed by atoms with Gasteiger partial charge in [0.2, 0.25) is 0 Å². The van der Waals surface area contributed by atoms with Gasteiger partial charge in [-0.05, 0) is 30.9 Å². The van der Waals surface area contributed by atoms with E-state index < -0.39 is 0 Å². The molecule has 0 aromatic heterocycles. The van der Waals surface area contributed by atoms with Crippen molar-refractivity contribution in [2.45, 2.75) is 25.5 Å². The van der Waals surface area contributed by atoms with Gasteiger partial charge in [0.15, 0.2) is 0 Å². The highest BCUT2D eigenvalue weighted by molar-refractivity contribution is 6.31. The first-order valence-electron chi connectivity index (χ1n) is 5.98. The van der Waals surface area contributed by atoms with Crippen LogP contribution in [0.3, 0.4) is 0 Å². The Morgan fingerprint density at radius 1 is 1.47 bits per heavy atom. The van der Waals surface area contributed by atoms with Gasteiger partial charge in [-0.2, -0.15) is 0 Å². The average Bonchev–Trinajstić information content (AvgIpc) is 2.26. The van der Waals surface area contributed by atoms with E-state index in [1.807, 2.05) is 18.2 Å². The van der Waals surface area contributed by atoms with Crippen molar-refractivity contribution in [1.82, 2.24) is 0 Å². The molecule has 1 aliphatic carbocycles. The van der Waals surface area contributed by atoms with E-state index in [-0.39, 0.29) is 6.10 Å². The van der Waals surface area contributed by atoms with E-state index in [2.05, 4.69) is 11.9 Å². The Bertz CT molecular complexity index is 391. The summed E-state index contributed by atoms with van der Waals surface area (Å²) in [4.78, 5) is 2.19. The summed E-state index contributed by atoms with van der Waals surface area (Å²) >= 11 is 6.13. The Morgan fingerprint density at radius 2 is 2.18 bits per heavy atom. The van der Waals surface area contributed by atoms with Crippen molar-refractivity contribution in [3.8, 4) is 0 Å². The molecule has 0 radical (unpaired) electrons. The monoisotopic (exact) mass is 254 g/mol. The number of benzene rings is 1. The average molecular weight is 255 g/mol. The fourth-order valence-corrected chi connectivity index (χ4v) is 2.69. The van der Waals surface area contributed by atoms with Crippen LogP contribution in [0.1, 0.15) is 18.4 Å². The second kappa shape index (κ2) is 5.25. The van der Waals surface area contributed by atoms with Gasteiger partial charge >= 0.3 is 0 Å². The number of hydrogen-bond acceptors (Lipinski definition) is 3. The lowest BCUT2D eigenvalue weighted by molar-refractivity contribution is 0.0464. The predicted octanol–water partition coefficient (Wildman–Crippen LogP) is 2.01. The van der Waals surface area contributed by atoms with Gasteiger partial charge < -0.3 is 15.7 Å². The summed E-state index contributed by atoms with van der Waals surface area (Å²) in [5.41, 5.74) is 7.83. The summed E-state index contributed by atoms with van der Waals surface area (Å²) in [6.07, 6.45) is 1.72. The van der Waals surface area contributed by atoms with Crippen LogP contribution in [-0.2, 0) is 6.54 Å². The second-order valence-corrected chi connectivity index (χ2v) is 5.22. The highest BCUT2D eigenvalue weighted by Crippen LogP contribution is 2.31. The van der Waals surface area contributed by atoms with Crippen LogP contribution in [0.15, 0.2) is 18.2 Å². The Kier molecular flexibility index (Phi) is 3.92. The van der Waals surface area contributed by atoms with E-state index in [4.69, 9.17) is 17.3 Å². The molecule has 0 heterocycles. The molecule has 0 bridgehead atoms. The van der Waals surface area contributed by atoms with Gasteiger partial charge in [0.1, 0.15) is 0 Å².